The predicted octanol–water partition coefficient (Wildman–Crippen LogP) is -2.27. The van der Waals surface area contributed by atoms with E-state index in [1.807, 2.05) is 0 Å². The number of hydrogen-bond donors (Lipinski definition) is 7. The Kier molecular flexibility index (Phi) is 8.31. The Hall–Kier alpha value is -1.88. The number of aliphatic carboxylic acids is 1. The van der Waals surface area contributed by atoms with Crippen LogP contribution in [0.2, 0.25) is 0 Å². The lowest BCUT2D eigenvalue weighted by Gasteiger charge is -2.13. The zero-order chi connectivity index (χ0) is 16.6. The number of cyclic esters (lactones) is 1. The average molecular weight is 308 g/mol. The first-order valence-corrected chi connectivity index (χ1v) is 6.06. The van der Waals surface area contributed by atoms with Gasteiger partial charge in [-0.15, -0.1) is 0 Å². The Morgan fingerprint density at radius 3 is 2.29 bits per heavy atom. The van der Waals surface area contributed by atoms with Crippen molar-refractivity contribution in [2.45, 2.75) is 31.1 Å². The topological polar surface area (TPSA) is 197 Å². The van der Waals surface area contributed by atoms with Crippen LogP contribution < -0.4 is 11.5 Å². The Morgan fingerprint density at radius 2 is 1.95 bits per heavy atom. The molecule has 0 aromatic carbocycles. The van der Waals surface area contributed by atoms with Gasteiger partial charge in [0.2, 0.25) is 5.76 Å². The van der Waals surface area contributed by atoms with Crippen LogP contribution in [-0.2, 0) is 14.3 Å². The number of carboxylic acid groups (broad SMARTS) is 1. The van der Waals surface area contributed by atoms with Crippen LogP contribution in [0.4, 0.5) is 0 Å². The van der Waals surface area contributed by atoms with Gasteiger partial charge in [-0.05, 0) is 19.4 Å². The van der Waals surface area contributed by atoms with Gasteiger partial charge in [-0.1, -0.05) is 0 Å². The van der Waals surface area contributed by atoms with E-state index in [0.717, 1.165) is 0 Å². The molecular weight excluding hydrogens is 288 g/mol. The highest BCUT2D eigenvalue weighted by Crippen LogP contribution is 2.20. The van der Waals surface area contributed by atoms with Gasteiger partial charge >= 0.3 is 11.9 Å². The van der Waals surface area contributed by atoms with Crippen LogP contribution in [0, 0.1) is 0 Å². The van der Waals surface area contributed by atoms with Crippen molar-refractivity contribution in [1.29, 1.82) is 0 Å². The van der Waals surface area contributed by atoms with Crippen molar-refractivity contribution in [2.24, 2.45) is 11.5 Å². The Labute approximate surface area is 120 Å². The van der Waals surface area contributed by atoms with E-state index < -0.39 is 48.3 Å². The molecule has 2 unspecified atom stereocenters. The summed E-state index contributed by atoms with van der Waals surface area (Å²) in [5.74, 6) is -3.73. The molecule has 3 atom stereocenters. The minimum atomic E-state index is -1.42. The van der Waals surface area contributed by atoms with Gasteiger partial charge in [0.1, 0.15) is 12.1 Å². The lowest BCUT2D eigenvalue weighted by atomic mass is 10.2. The molecule has 1 aliphatic rings. The normalized spacial score (nSPS) is 20.4. The third-order valence-electron chi connectivity index (χ3n) is 2.51. The summed E-state index contributed by atoms with van der Waals surface area (Å²) in [5, 5.41) is 43.3. The van der Waals surface area contributed by atoms with Gasteiger partial charge in [0, 0.05) is 0 Å². The van der Waals surface area contributed by atoms with Crippen molar-refractivity contribution in [1.82, 2.24) is 0 Å². The summed E-state index contributed by atoms with van der Waals surface area (Å²) in [4.78, 5) is 20.6. The number of carbonyl (C=O) groups excluding carboxylic acids is 1. The molecule has 0 spiro atoms. The van der Waals surface area contributed by atoms with Crippen LogP contribution in [0.1, 0.15) is 12.8 Å². The fraction of sp³-hybridized carbons (Fsp3) is 0.636. The highest BCUT2D eigenvalue weighted by atomic mass is 16.6. The lowest BCUT2D eigenvalue weighted by Crippen LogP contribution is -2.31. The zero-order valence-electron chi connectivity index (χ0n) is 11.2. The molecule has 0 fully saturated rings. The summed E-state index contributed by atoms with van der Waals surface area (Å²) in [7, 11) is 0. The molecule has 1 aliphatic heterocycles. The van der Waals surface area contributed by atoms with E-state index in [0.29, 0.717) is 19.4 Å². The minimum Gasteiger partial charge on any atom is -0.505 e. The fourth-order valence-electron chi connectivity index (χ4n) is 1.28. The third kappa shape index (κ3) is 5.95. The second kappa shape index (κ2) is 9.13. The molecule has 0 amide bonds. The predicted molar refractivity (Wildman–Crippen MR) is 69.2 cm³/mol. The molecule has 0 radical (unpaired) electrons. The maximum Gasteiger partial charge on any atom is 0.377 e. The van der Waals surface area contributed by atoms with Gasteiger partial charge < -0.3 is 41.7 Å². The number of ether oxygens (including phenoxy) is 1. The van der Waals surface area contributed by atoms with Gasteiger partial charge in [0.05, 0.1) is 6.61 Å². The molecule has 0 aromatic rings. The van der Waals surface area contributed by atoms with Crippen molar-refractivity contribution in [2.75, 3.05) is 13.2 Å². The molecule has 9 N–H and O–H groups in total. The van der Waals surface area contributed by atoms with Gasteiger partial charge in [0.25, 0.3) is 0 Å². The number of aliphatic hydroxyl groups excluding tert-OH is 4. The van der Waals surface area contributed by atoms with Gasteiger partial charge in [-0.3, -0.25) is 4.79 Å². The molecular formula is C11H20N2O8. The molecule has 0 saturated heterocycles. The van der Waals surface area contributed by atoms with E-state index in [-0.39, 0.29) is 0 Å². The van der Waals surface area contributed by atoms with Crippen molar-refractivity contribution < 1.29 is 39.9 Å². The van der Waals surface area contributed by atoms with Crippen LogP contribution in [0.25, 0.3) is 0 Å². The van der Waals surface area contributed by atoms with Gasteiger partial charge in [-0.2, -0.15) is 0 Å². The van der Waals surface area contributed by atoms with Crippen LogP contribution in [0.3, 0.4) is 0 Å². The van der Waals surface area contributed by atoms with Crippen molar-refractivity contribution in [3.05, 3.63) is 11.5 Å². The molecule has 0 saturated carbocycles. The number of esters is 1. The summed E-state index contributed by atoms with van der Waals surface area (Å²) in [6, 6.07) is -0.742. The van der Waals surface area contributed by atoms with E-state index in [1.54, 1.807) is 0 Å². The molecule has 0 bridgehead atoms. The lowest BCUT2D eigenvalue weighted by molar-refractivity contribution is -0.147. The molecule has 1 heterocycles. The highest BCUT2D eigenvalue weighted by Gasteiger charge is 2.38. The van der Waals surface area contributed by atoms with E-state index >= 15 is 0 Å². The zero-order valence-corrected chi connectivity index (χ0v) is 11.2. The van der Waals surface area contributed by atoms with E-state index in [9.17, 15) is 9.59 Å². The monoisotopic (exact) mass is 308 g/mol. The summed E-state index contributed by atoms with van der Waals surface area (Å²) >= 11 is 0. The number of nitrogens with two attached hydrogens (primary N) is 2. The number of rotatable bonds is 6. The van der Waals surface area contributed by atoms with E-state index in [4.69, 9.17) is 37.0 Å². The van der Waals surface area contributed by atoms with Crippen LogP contribution in [0.5, 0.6) is 0 Å². The molecule has 21 heavy (non-hydrogen) atoms. The van der Waals surface area contributed by atoms with Crippen LogP contribution >= 0.6 is 0 Å². The molecule has 1 rings (SSSR count). The molecule has 10 heteroatoms. The smallest absolute Gasteiger partial charge is 0.377 e. The fourth-order valence-corrected chi connectivity index (χ4v) is 1.28. The molecule has 0 aliphatic carbocycles. The second-order valence-corrected chi connectivity index (χ2v) is 4.19. The second-order valence-electron chi connectivity index (χ2n) is 4.19. The standard InChI is InChI=1S/C6H8O6.C5H12N2O2/c7-1-2(8)5-3(9)4(10)6(11)12-5;6-3-1-2-4(7)5(8)9/h2,5,7-10H,1H2;4H,1-3,6-7H2,(H,8,9)/t2-,5?;/m1./s1. The number of carbonyl (C=O) groups is 2. The van der Waals surface area contributed by atoms with E-state index in [1.165, 1.54) is 0 Å². The first kappa shape index (κ1) is 19.1. The molecule has 0 aromatic heterocycles. The summed E-state index contributed by atoms with van der Waals surface area (Å²) in [6.07, 6.45) is -1.64. The Balaban J connectivity index is 0.000000400. The van der Waals surface area contributed by atoms with Crippen molar-refractivity contribution in [3.8, 4) is 0 Å². The van der Waals surface area contributed by atoms with Gasteiger partial charge in [0.15, 0.2) is 11.9 Å². The Bertz CT molecular complexity index is 398. The largest absolute Gasteiger partial charge is 0.505 e. The molecule has 122 valence electrons. The van der Waals surface area contributed by atoms with E-state index in [2.05, 4.69) is 4.74 Å². The number of hydrogen-bond acceptors (Lipinski definition) is 9. The third-order valence-corrected chi connectivity index (χ3v) is 2.51. The van der Waals surface area contributed by atoms with Crippen LogP contribution in [-0.4, -0.2) is 68.9 Å². The summed E-state index contributed by atoms with van der Waals surface area (Å²) < 4.78 is 4.32. The first-order chi connectivity index (χ1) is 9.76. The maximum atomic E-state index is 10.5. The Morgan fingerprint density at radius 1 is 1.38 bits per heavy atom. The number of aliphatic hydroxyl groups is 4. The number of carboxylic acids is 1. The highest BCUT2D eigenvalue weighted by molar-refractivity contribution is 5.89. The SMILES string of the molecule is NCCCC(N)C(=O)O.O=C1OC([C@H](O)CO)C(O)=C1O. The summed E-state index contributed by atoms with van der Waals surface area (Å²) in [6.45, 7) is -0.170. The summed E-state index contributed by atoms with van der Waals surface area (Å²) in [5.41, 5.74) is 10.3. The first-order valence-electron chi connectivity index (χ1n) is 6.06. The van der Waals surface area contributed by atoms with Crippen LogP contribution in [0.15, 0.2) is 11.5 Å². The van der Waals surface area contributed by atoms with Gasteiger partial charge in [-0.25, -0.2) is 4.79 Å². The molecule has 10 nitrogen and oxygen atoms in total. The van der Waals surface area contributed by atoms with Crippen molar-refractivity contribution >= 4 is 11.9 Å². The average Bonchev–Trinajstić information content (AvgIpc) is 2.72. The maximum absolute atomic E-state index is 10.5. The minimum absolute atomic E-state index is 0.464. The van der Waals surface area contributed by atoms with Crippen molar-refractivity contribution in [3.63, 3.8) is 0 Å². The quantitative estimate of drug-likeness (QED) is 0.263.